The average molecular weight is 406 g/mol. The molecule has 1 unspecified atom stereocenters. The summed E-state index contributed by atoms with van der Waals surface area (Å²) in [5.41, 5.74) is 0.950. The number of carbonyl (C=O) groups is 1. The van der Waals surface area contributed by atoms with Gasteiger partial charge in [0.25, 0.3) is 0 Å². The lowest BCUT2D eigenvalue weighted by atomic mass is 10.1. The zero-order valence-corrected chi connectivity index (χ0v) is 15.8. The third-order valence-electron chi connectivity index (χ3n) is 6.95. The maximum Gasteiger partial charge on any atom is 0.419 e. The van der Waals surface area contributed by atoms with Gasteiger partial charge in [0.1, 0.15) is 0 Å². The Kier molecular flexibility index (Phi) is 3.52. The average Bonchev–Trinajstić information content (AvgIpc) is 3.04. The summed E-state index contributed by atoms with van der Waals surface area (Å²) in [6, 6.07) is 0.0690. The van der Waals surface area contributed by atoms with Crippen LogP contribution < -0.4 is 0 Å². The Morgan fingerprint density at radius 2 is 1.93 bits per heavy atom. The van der Waals surface area contributed by atoms with Crippen molar-refractivity contribution in [3.8, 4) is 5.82 Å². The zero-order chi connectivity index (χ0) is 19.9. The van der Waals surface area contributed by atoms with Gasteiger partial charge < -0.3 is 9.80 Å². The van der Waals surface area contributed by atoms with Crippen LogP contribution in [0.3, 0.4) is 0 Å². The SMILES string of the molecule is O=C(N1CCN2CCC1CC2)n1nc(-n2cc(C(F)(F)F)cn2)c2c1C1C[C@H]1C2. The lowest BCUT2D eigenvalue weighted by molar-refractivity contribution is -0.137. The Hall–Kier alpha value is -2.36. The molecule has 2 bridgehead atoms. The normalized spacial score (nSPS) is 30.2. The van der Waals surface area contributed by atoms with Crippen LogP contribution in [0.5, 0.6) is 0 Å². The van der Waals surface area contributed by atoms with Crippen molar-refractivity contribution in [1.82, 2.24) is 29.4 Å². The van der Waals surface area contributed by atoms with E-state index >= 15 is 0 Å². The second kappa shape index (κ2) is 5.84. The third-order valence-corrected chi connectivity index (χ3v) is 6.95. The fraction of sp³-hybridized carbons (Fsp3) is 0.632. The minimum Gasteiger partial charge on any atom is -0.318 e. The number of amides is 1. The minimum atomic E-state index is -4.46. The molecule has 2 atom stereocenters. The summed E-state index contributed by atoms with van der Waals surface area (Å²) >= 11 is 0. The van der Waals surface area contributed by atoms with Gasteiger partial charge in [0.15, 0.2) is 5.82 Å². The number of nitrogens with zero attached hydrogens (tertiary/aromatic N) is 6. The van der Waals surface area contributed by atoms with Crippen molar-refractivity contribution in [2.75, 3.05) is 26.2 Å². The van der Waals surface area contributed by atoms with Gasteiger partial charge >= 0.3 is 12.2 Å². The fourth-order valence-corrected chi connectivity index (χ4v) is 5.27. The van der Waals surface area contributed by atoms with E-state index in [-0.39, 0.29) is 12.1 Å². The molecule has 4 fully saturated rings. The number of fused-ring (bicyclic) bond motifs is 7. The first-order chi connectivity index (χ1) is 13.9. The van der Waals surface area contributed by atoms with Gasteiger partial charge in [-0.05, 0) is 31.6 Å². The van der Waals surface area contributed by atoms with Crippen LogP contribution in [0.25, 0.3) is 5.82 Å². The Bertz CT molecular complexity index is 987. The van der Waals surface area contributed by atoms with E-state index in [0.29, 0.717) is 24.2 Å². The number of hydrogen-bond donors (Lipinski definition) is 0. The first-order valence-corrected chi connectivity index (χ1v) is 10.2. The van der Waals surface area contributed by atoms with Crippen LogP contribution in [-0.4, -0.2) is 67.6 Å². The number of carbonyl (C=O) groups excluding carboxylic acids is 1. The second-order valence-corrected chi connectivity index (χ2v) is 8.63. The van der Waals surface area contributed by atoms with Crippen LogP contribution in [0.4, 0.5) is 18.0 Å². The van der Waals surface area contributed by atoms with Crippen LogP contribution in [-0.2, 0) is 12.6 Å². The van der Waals surface area contributed by atoms with Crippen LogP contribution >= 0.6 is 0 Å². The molecule has 7 rings (SSSR count). The van der Waals surface area contributed by atoms with E-state index in [1.165, 1.54) is 9.36 Å². The number of hydrogen-bond acceptors (Lipinski definition) is 4. The number of piperidine rings is 1. The van der Waals surface area contributed by atoms with E-state index in [9.17, 15) is 18.0 Å². The first kappa shape index (κ1) is 17.5. The van der Waals surface area contributed by atoms with Gasteiger partial charge in [0.05, 0.1) is 17.5 Å². The molecule has 0 aromatic carbocycles. The highest BCUT2D eigenvalue weighted by molar-refractivity contribution is 5.79. The van der Waals surface area contributed by atoms with Crippen molar-refractivity contribution in [2.24, 2.45) is 5.92 Å². The van der Waals surface area contributed by atoms with E-state index in [2.05, 4.69) is 15.1 Å². The van der Waals surface area contributed by atoms with E-state index < -0.39 is 11.7 Å². The molecule has 0 spiro atoms. The number of halogens is 3. The van der Waals surface area contributed by atoms with Gasteiger partial charge in [-0.15, -0.1) is 5.10 Å². The Morgan fingerprint density at radius 3 is 2.66 bits per heavy atom. The maximum atomic E-state index is 13.5. The van der Waals surface area contributed by atoms with Gasteiger partial charge in [-0.3, -0.25) is 0 Å². The third kappa shape index (κ3) is 2.64. The van der Waals surface area contributed by atoms with Crippen LogP contribution in [0.2, 0.25) is 0 Å². The highest BCUT2D eigenvalue weighted by Gasteiger charge is 2.51. The van der Waals surface area contributed by atoms with Crippen molar-refractivity contribution in [1.29, 1.82) is 0 Å². The van der Waals surface area contributed by atoms with Gasteiger partial charge in [-0.2, -0.15) is 23.0 Å². The lowest BCUT2D eigenvalue weighted by Crippen LogP contribution is -2.44. The number of aromatic nitrogens is 4. The Balaban J connectivity index is 1.39. The predicted molar refractivity (Wildman–Crippen MR) is 95.9 cm³/mol. The molecule has 5 aliphatic rings. The molecule has 2 aromatic heterocycles. The van der Waals surface area contributed by atoms with Crippen LogP contribution in [0.1, 0.15) is 42.0 Å². The fourth-order valence-electron chi connectivity index (χ4n) is 5.27. The molecule has 1 amide bonds. The topological polar surface area (TPSA) is 59.2 Å². The highest BCUT2D eigenvalue weighted by Crippen LogP contribution is 2.57. The summed E-state index contributed by atoms with van der Waals surface area (Å²) in [5.74, 6) is 1.13. The van der Waals surface area contributed by atoms with Crippen LogP contribution in [0.15, 0.2) is 12.4 Å². The number of alkyl halides is 3. The Morgan fingerprint density at radius 1 is 1.14 bits per heavy atom. The van der Waals surface area contributed by atoms with E-state index in [1.54, 1.807) is 0 Å². The molecule has 154 valence electrons. The molecule has 5 heterocycles. The van der Waals surface area contributed by atoms with Crippen molar-refractivity contribution >= 4 is 6.03 Å². The van der Waals surface area contributed by atoms with E-state index in [4.69, 9.17) is 0 Å². The highest BCUT2D eigenvalue weighted by atomic mass is 19.4. The summed E-state index contributed by atoms with van der Waals surface area (Å²) in [4.78, 5) is 17.8. The molecule has 2 aromatic rings. The molecule has 0 radical (unpaired) electrons. The van der Waals surface area contributed by atoms with Crippen LogP contribution in [0, 0.1) is 5.92 Å². The second-order valence-electron chi connectivity index (χ2n) is 8.63. The molecule has 7 nitrogen and oxygen atoms in total. The van der Waals surface area contributed by atoms with Gasteiger partial charge in [0, 0.05) is 49.9 Å². The summed E-state index contributed by atoms with van der Waals surface area (Å²) in [5, 5.41) is 8.41. The maximum absolute atomic E-state index is 13.5. The van der Waals surface area contributed by atoms with Crippen molar-refractivity contribution in [3.05, 3.63) is 29.2 Å². The predicted octanol–water partition coefficient (Wildman–Crippen LogP) is 2.50. The van der Waals surface area contributed by atoms with E-state index in [0.717, 1.165) is 69.0 Å². The molecule has 1 saturated carbocycles. The molecular formula is C19H21F3N6O. The minimum absolute atomic E-state index is 0.142. The monoisotopic (exact) mass is 406 g/mol. The van der Waals surface area contributed by atoms with Gasteiger partial charge in [0.2, 0.25) is 0 Å². The summed E-state index contributed by atoms with van der Waals surface area (Å²) in [6.07, 6.45) is 1.01. The quantitative estimate of drug-likeness (QED) is 0.730. The van der Waals surface area contributed by atoms with Gasteiger partial charge in [-0.25, -0.2) is 9.48 Å². The molecule has 0 N–H and O–H groups in total. The van der Waals surface area contributed by atoms with Crippen molar-refractivity contribution < 1.29 is 18.0 Å². The smallest absolute Gasteiger partial charge is 0.318 e. The molecular weight excluding hydrogens is 385 g/mol. The van der Waals surface area contributed by atoms with Gasteiger partial charge in [-0.1, -0.05) is 0 Å². The summed E-state index contributed by atoms with van der Waals surface area (Å²) in [7, 11) is 0. The lowest BCUT2D eigenvalue weighted by Gasteiger charge is -2.31. The Labute approximate surface area is 165 Å². The molecule has 10 heteroatoms. The molecule has 2 aliphatic carbocycles. The molecule has 29 heavy (non-hydrogen) atoms. The first-order valence-electron chi connectivity index (χ1n) is 10.2. The largest absolute Gasteiger partial charge is 0.419 e. The number of rotatable bonds is 1. The van der Waals surface area contributed by atoms with Crippen molar-refractivity contribution in [2.45, 2.75) is 43.8 Å². The molecule has 3 aliphatic heterocycles. The standard InChI is InChI=1S/C19H21F3N6O/c20-19(21,22)12-9-23-27(10-12)17-15-8-11-7-14(11)16(15)28(24-17)18(29)26-6-5-25-3-1-13(26)2-4-25/h9-11,13-14H,1-8H2/t11-,14?/m0/s1. The van der Waals surface area contributed by atoms with E-state index in [1.807, 2.05) is 4.90 Å². The molecule has 3 saturated heterocycles. The zero-order valence-electron chi connectivity index (χ0n) is 15.8. The van der Waals surface area contributed by atoms with Crippen molar-refractivity contribution in [3.63, 3.8) is 0 Å². The summed E-state index contributed by atoms with van der Waals surface area (Å²) in [6.45, 7) is 3.55. The summed E-state index contributed by atoms with van der Waals surface area (Å²) < 4.78 is 41.7.